The average molecular weight is 221 g/mol. The van der Waals surface area contributed by atoms with Crippen molar-refractivity contribution in [3.63, 3.8) is 0 Å². The normalized spacial score (nSPS) is 13.9. The molecule has 1 aromatic rings. The van der Waals surface area contributed by atoms with E-state index in [0.29, 0.717) is 6.61 Å². The van der Waals surface area contributed by atoms with Crippen molar-refractivity contribution >= 4 is 0 Å². The number of rotatable bonds is 4. The molecular weight excluding hydrogens is 198 g/mol. The van der Waals surface area contributed by atoms with E-state index in [2.05, 4.69) is 32.0 Å². The lowest BCUT2D eigenvalue weighted by Crippen LogP contribution is -2.38. The van der Waals surface area contributed by atoms with E-state index in [-0.39, 0.29) is 11.6 Å². The van der Waals surface area contributed by atoms with Gasteiger partial charge in [-0.25, -0.2) is 0 Å². The number of benzene rings is 1. The summed E-state index contributed by atoms with van der Waals surface area (Å²) >= 11 is 0. The van der Waals surface area contributed by atoms with Gasteiger partial charge in [-0.05, 0) is 51.3 Å². The number of aryl methyl sites for hydroxylation is 1. The number of hydrogen-bond donors (Lipinski definition) is 1. The van der Waals surface area contributed by atoms with E-state index in [9.17, 15) is 0 Å². The molecule has 90 valence electrons. The first kappa shape index (κ1) is 13.2. The van der Waals surface area contributed by atoms with Crippen molar-refractivity contribution in [2.24, 2.45) is 5.73 Å². The third-order valence-corrected chi connectivity index (χ3v) is 3.25. The molecule has 1 atom stereocenters. The Bertz CT molecular complexity index is 358. The summed E-state index contributed by atoms with van der Waals surface area (Å²) in [7, 11) is 0. The molecule has 1 rings (SSSR count). The van der Waals surface area contributed by atoms with Gasteiger partial charge in [-0.15, -0.1) is 0 Å². The van der Waals surface area contributed by atoms with Crippen LogP contribution in [0.3, 0.4) is 0 Å². The fourth-order valence-electron chi connectivity index (χ4n) is 1.95. The maximum absolute atomic E-state index is 6.30. The molecule has 0 aromatic heterocycles. The molecular formula is C14H23NO. The van der Waals surface area contributed by atoms with Gasteiger partial charge >= 0.3 is 0 Å². The van der Waals surface area contributed by atoms with Crippen molar-refractivity contribution in [2.45, 2.75) is 46.3 Å². The minimum Gasteiger partial charge on any atom is -0.374 e. The van der Waals surface area contributed by atoms with E-state index in [4.69, 9.17) is 10.5 Å². The molecule has 16 heavy (non-hydrogen) atoms. The van der Waals surface area contributed by atoms with Crippen molar-refractivity contribution in [3.05, 3.63) is 34.9 Å². The molecule has 0 heterocycles. The largest absolute Gasteiger partial charge is 0.374 e. The topological polar surface area (TPSA) is 35.2 Å². The maximum atomic E-state index is 6.30. The molecule has 2 N–H and O–H groups in total. The van der Waals surface area contributed by atoms with Crippen molar-refractivity contribution in [3.8, 4) is 0 Å². The smallest absolute Gasteiger partial charge is 0.0818 e. The Morgan fingerprint density at radius 2 is 1.94 bits per heavy atom. The lowest BCUT2D eigenvalue weighted by molar-refractivity contribution is -0.0299. The van der Waals surface area contributed by atoms with Crippen LogP contribution < -0.4 is 5.73 Å². The fourth-order valence-corrected chi connectivity index (χ4v) is 1.95. The number of nitrogens with two attached hydrogens (primary N) is 1. The Morgan fingerprint density at radius 3 is 2.50 bits per heavy atom. The summed E-state index contributed by atoms with van der Waals surface area (Å²) in [4.78, 5) is 0. The molecule has 0 aliphatic carbocycles. The standard InChI is InChI=1S/C14H23NO/c1-6-16-14(4,5)13(15)12-9-7-8-10(2)11(12)3/h7-9,13H,6,15H2,1-5H3. The van der Waals surface area contributed by atoms with E-state index in [0.717, 1.165) is 0 Å². The first-order chi connectivity index (χ1) is 7.40. The quantitative estimate of drug-likeness (QED) is 0.848. The zero-order valence-electron chi connectivity index (χ0n) is 11.0. The van der Waals surface area contributed by atoms with Gasteiger partial charge in [-0.1, -0.05) is 18.2 Å². The van der Waals surface area contributed by atoms with Crippen LogP contribution in [0.1, 0.15) is 43.5 Å². The summed E-state index contributed by atoms with van der Waals surface area (Å²) in [5.41, 5.74) is 9.70. The van der Waals surface area contributed by atoms with Crippen LogP contribution in [0.5, 0.6) is 0 Å². The monoisotopic (exact) mass is 221 g/mol. The van der Waals surface area contributed by atoms with E-state index in [1.54, 1.807) is 0 Å². The molecule has 0 fully saturated rings. The van der Waals surface area contributed by atoms with Gasteiger partial charge in [-0.3, -0.25) is 0 Å². The molecule has 0 amide bonds. The summed E-state index contributed by atoms with van der Waals surface area (Å²) in [5, 5.41) is 0. The highest BCUT2D eigenvalue weighted by Crippen LogP contribution is 2.29. The third kappa shape index (κ3) is 2.63. The summed E-state index contributed by atoms with van der Waals surface area (Å²) in [6.07, 6.45) is 0. The molecule has 2 nitrogen and oxygen atoms in total. The first-order valence-corrected chi connectivity index (χ1v) is 5.85. The Morgan fingerprint density at radius 1 is 1.31 bits per heavy atom. The fraction of sp³-hybridized carbons (Fsp3) is 0.571. The second-order valence-corrected chi connectivity index (χ2v) is 4.80. The summed E-state index contributed by atoms with van der Waals surface area (Å²) in [6, 6.07) is 6.17. The average Bonchev–Trinajstić information content (AvgIpc) is 2.21. The first-order valence-electron chi connectivity index (χ1n) is 5.85. The second kappa shape index (κ2) is 4.98. The van der Waals surface area contributed by atoms with Crippen molar-refractivity contribution in [1.29, 1.82) is 0 Å². The number of ether oxygens (including phenoxy) is 1. The maximum Gasteiger partial charge on any atom is 0.0818 e. The Labute approximate surface area is 98.8 Å². The van der Waals surface area contributed by atoms with Crippen LogP contribution in [-0.4, -0.2) is 12.2 Å². The Balaban J connectivity index is 3.04. The highest BCUT2D eigenvalue weighted by atomic mass is 16.5. The van der Waals surface area contributed by atoms with Crippen LogP contribution >= 0.6 is 0 Å². The predicted molar refractivity (Wildman–Crippen MR) is 68.5 cm³/mol. The molecule has 0 saturated heterocycles. The molecule has 0 saturated carbocycles. The predicted octanol–water partition coefficient (Wildman–Crippen LogP) is 3.12. The van der Waals surface area contributed by atoms with Crippen LogP contribution in [0.15, 0.2) is 18.2 Å². The van der Waals surface area contributed by atoms with Crippen molar-refractivity contribution in [2.75, 3.05) is 6.61 Å². The lowest BCUT2D eigenvalue weighted by atomic mass is 9.88. The van der Waals surface area contributed by atoms with Crippen LogP contribution in [0.4, 0.5) is 0 Å². The SMILES string of the molecule is CCOC(C)(C)C(N)c1cccc(C)c1C. The minimum absolute atomic E-state index is 0.0904. The van der Waals surface area contributed by atoms with Gasteiger partial charge in [0.05, 0.1) is 11.6 Å². The van der Waals surface area contributed by atoms with Gasteiger partial charge in [0.2, 0.25) is 0 Å². The third-order valence-electron chi connectivity index (χ3n) is 3.25. The van der Waals surface area contributed by atoms with Crippen LogP contribution in [0.25, 0.3) is 0 Å². The molecule has 2 heteroatoms. The zero-order chi connectivity index (χ0) is 12.3. The Kier molecular flexibility index (Phi) is 4.11. The zero-order valence-corrected chi connectivity index (χ0v) is 11.0. The minimum atomic E-state index is -0.326. The van der Waals surface area contributed by atoms with Crippen LogP contribution in [0.2, 0.25) is 0 Å². The van der Waals surface area contributed by atoms with Gasteiger partial charge in [0, 0.05) is 6.61 Å². The van der Waals surface area contributed by atoms with E-state index >= 15 is 0 Å². The second-order valence-electron chi connectivity index (χ2n) is 4.80. The van der Waals surface area contributed by atoms with Crippen LogP contribution in [0, 0.1) is 13.8 Å². The summed E-state index contributed by atoms with van der Waals surface area (Å²) in [6.45, 7) is 11.0. The van der Waals surface area contributed by atoms with Crippen molar-refractivity contribution < 1.29 is 4.74 Å². The molecule has 1 aromatic carbocycles. The van der Waals surface area contributed by atoms with E-state index in [1.807, 2.05) is 20.8 Å². The van der Waals surface area contributed by atoms with Crippen molar-refractivity contribution in [1.82, 2.24) is 0 Å². The molecule has 0 bridgehead atoms. The van der Waals surface area contributed by atoms with Crippen LogP contribution in [-0.2, 0) is 4.74 Å². The molecule has 0 aliphatic heterocycles. The highest BCUT2D eigenvalue weighted by Gasteiger charge is 2.29. The molecule has 0 spiro atoms. The van der Waals surface area contributed by atoms with Gasteiger partial charge < -0.3 is 10.5 Å². The summed E-state index contributed by atoms with van der Waals surface area (Å²) < 4.78 is 5.72. The lowest BCUT2D eigenvalue weighted by Gasteiger charge is -2.32. The van der Waals surface area contributed by atoms with Gasteiger partial charge in [0.1, 0.15) is 0 Å². The molecule has 0 aliphatic rings. The van der Waals surface area contributed by atoms with Gasteiger partial charge in [0.15, 0.2) is 0 Å². The van der Waals surface area contributed by atoms with E-state index < -0.39 is 0 Å². The van der Waals surface area contributed by atoms with E-state index in [1.165, 1.54) is 16.7 Å². The Hall–Kier alpha value is -0.860. The highest BCUT2D eigenvalue weighted by molar-refractivity contribution is 5.36. The summed E-state index contributed by atoms with van der Waals surface area (Å²) in [5.74, 6) is 0. The molecule has 0 radical (unpaired) electrons. The van der Waals surface area contributed by atoms with Gasteiger partial charge in [-0.2, -0.15) is 0 Å². The molecule has 1 unspecified atom stereocenters. The number of hydrogen-bond acceptors (Lipinski definition) is 2. The van der Waals surface area contributed by atoms with Gasteiger partial charge in [0.25, 0.3) is 0 Å².